The fourth-order valence-corrected chi connectivity index (χ4v) is 13.4. The minimum atomic E-state index is -0.692. The Balaban J connectivity index is 1.11. The molecule has 0 bridgehead atoms. The molecule has 2 heteroatoms. The molecule has 0 atom stereocenters. The molecule has 0 radical (unpaired) electrons. The molecule has 0 aromatic heterocycles. The highest BCUT2D eigenvalue weighted by atomic mass is 15.1. The van der Waals surface area contributed by atoms with Crippen molar-refractivity contribution in [3.05, 3.63) is 324 Å². The highest BCUT2D eigenvalue weighted by Gasteiger charge is 2.59. The Bertz CT molecular complexity index is 3760. The van der Waals surface area contributed by atoms with E-state index in [2.05, 4.69) is 289 Å². The van der Waals surface area contributed by atoms with Crippen LogP contribution in [0.5, 0.6) is 0 Å². The second-order valence-corrected chi connectivity index (χ2v) is 19.5. The van der Waals surface area contributed by atoms with Crippen LogP contribution in [-0.2, 0) is 10.8 Å². The molecule has 0 N–H and O–H groups in total. The van der Waals surface area contributed by atoms with Gasteiger partial charge in [0.1, 0.15) is 0 Å². The number of rotatable bonds is 6. The average molecular weight is 915 g/mol. The van der Waals surface area contributed by atoms with Crippen LogP contribution in [0, 0.1) is 0 Å². The molecule has 2 spiro atoms. The Labute approximate surface area is 420 Å². The van der Waals surface area contributed by atoms with Gasteiger partial charge < -0.3 is 9.80 Å². The summed E-state index contributed by atoms with van der Waals surface area (Å²) in [6.07, 6.45) is 0. The summed E-state index contributed by atoms with van der Waals surface area (Å²) in [6.45, 7) is 0. The number of nitrogens with zero attached hydrogens (tertiary/aromatic N) is 2. The van der Waals surface area contributed by atoms with Crippen molar-refractivity contribution in [2.24, 2.45) is 0 Å². The lowest BCUT2D eigenvalue weighted by Crippen LogP contribution is -2.44. The minimum Gasteiger partial charge on any atom is -0.310 e. The van der Waals surface area contributed by atoms with E-state index < -0.39 is 10.8 Å². The molecule has 3 aliphatic carbocycles. The smallest absolute Gasteiger partial charge is 0.0720 e. The molecule has 0 saturated heterocycles. The third-order valence-corrected chi connectivity index (χ3v) is 16.1. The molecule has 2 nitrogen and oxygen atoms in total. The third-order valence-electron chi connectivity index (χ3n) is 16.1. The molecule has 0 aliphatic heterocycles. The SMILES string of the molecule is c1ccc(N(c2ccc3c(c2)C2(c4ccccc4-c4ccccc42)c2ccc(N(c4ccccc4)c4cccc5ccccc45)cc2C32c3ccccc3-c3ccccc32)c2cccc3ccccc23)cc1. The van der Waals surface area contributed by atoms with Gasteiger partial charge in [0, 0.05) is 33.5 Å². The van der Waals surface area contributed by atoms with E-state index in [1.165, 1.54) is 88.3 Å². The lowest BCUT2D eigenvalue weighted by Gasteiger charge is -2.49. The summed E-state index contributed by atoms with van der Waals surface area (Å²) in [5.41, 5.74) is 20.8. The Kier molecular flexibility index (Phi) is 8.82. The van der Waals surface area contributed by atoms with Crippen LogP contribution in [0.4, 0.5) is 34.1 Å². The van der Waals surface area contributed by atoms with E-state index in [0.717, 1.165) is 34.1 Å². The fourth-order valence-electron chi connectivity index (χ4n) is 13.4. The molecule has 0 fully saturated rings. The molecule has 0 saturated carbocycles. The monoisotopic (exact) mass is 914 g/mol. The summed E-state index contributed by atoms with van der Waals surface area (Å²) in [6, 6.07) is 105. The van der Waals surface area contributed by atoms with Crippen LogP contribution in [0.2, 0.25) is 0 Å². The highest BCUT2D eigenvalue weighted by Crippen LogP contribution is 2.68. The van der Waals surface area contributed by atoms with Crippen molar-refractivity contribution < 1.29 is 0 Å². The zero-order valence-corrected chi connectivity index (χ0v) is 39.5. The number of benzene rings is 12. The molecule has 12 aromatic carbocycles. The summed E-state index contributed by atoms with van der Waals surface area (Å²) in [5, 5.41) is 4.82. The van der Waals surface area contributed by atoms with E-state index >= 15 is 0 Å². The van der Waals surface area contributed by atoms with E-state index in [4.69, 9.17) is 0 Å². The Morgan fingerprint density at radius 2 is 0.528 bits per heavy atom. The number of hydrogen-bond acceptors (Lipinski definition) is 2. The number of para-hydroxylation sites is 2. The van der Waals surface area contributed by atoms with E-state index in [9.17, 15) is 0 Å². The normalized spacial score (nSPS) is 13.8. The van der Waals surface area contributed by atoms with Crippen molar-refractivity contribution in [2.75, 3.05) is 9.80 Å². The molecule has 0 unspecified atom stereocenters. The van der Waals surface area contributed by atoms with Crippen molar-refractivity contribution in [1.82, 2.24) is 0 Å². The van der Waals surface area contributed by atoms with Crippen molar-refractivity contribution >= 4 is 55.7 Å². The van der Waals surface area contributed by atoms with Crippen molar-refractivity contribution in [3.8, 4) is 22.3 Å². The maximum atomic E-state index is 2.57. The predicted molar refractivity (Wildman–Crippen MR) is 299 cm³/mol. The van der Waals surface area contributed by atoms with Crippen LogP contribution < -0.4 is 9.80 Å². The molecule has 72 heavy (non-hydrogen) atoms. The van der Waals surface area contributed by atoms with Gasteiger partial charge in [0.15, 0.2) is 0 Å². The Morgan fingerprint density at radius 3 is 0.917 bits per heavy atom. The second kappa shape index (κ2) is 15.6. The first-order chi connectivity index (χ1) is 35.7. The highest BCUT2D eigenvalue weighted by molar-refractivity contribution is 6.02. The van der Waals surface area contributed by atoms with Crippen molar-refractivity contribution in [3.63, 3.8) is 0 Å². The topological polar surface area (TPSA) is 6.48 Å². The molecule has 12 aromatic rings. The first-order valence-electron chi connectivity index (χ1n) is 25.1. The van der Waals surface area contributed by atoms with Crippen LogP contribution in [0.25, 0.3) is 43.8 Å². The molecule has 0 heterocycles. The van der Waals surface area contributed by atoms with Gasteiger partial charge in [-0.1, -0.05) is 218 Å². The van der Waals surface area contributed by atoms with Crippen molar-refractivity contribution in [2.45, 2.75) is 10.8 Å². The summed E-state index contributed by atoms with van der Waals surface area (Å²) < 4.78 is 0. The average Bonchev–Trinajstić information content (AvgIpc) is 3.93. The molecule has 3 aliphatic rings. The summed E-state index contributed by atoms with van der Waals surface area (Å²) in [4.78, 5) is 4.96. The zero-order chi connectivity index (χ0) is 47.4. The number of fused-ring (bicyclic) bond motifs is 18. The fraction of sp³-hybridized carbons (Fsp3) is 0.0286. The van der Waals surface area contributed by atoms with Crippen LogP contribution in [0.1, 0.15) is 44.5 Å². The van der Waals surface area contributed by atoms with Gasteiger partial charge in [0.25, 0.3) is 0 Å². The van der Waals surface area contributed by atoms with Gasteiger partial charge in [-0.2, -0.15) is 0 Å². The lowest BCUT2D eigenvalue weighted by molar-refractivity contribution is 0.633. The Hall–Kier alpha value is -9.24. The summed E-state index contributed by atoms with van der Waals surface area (Å²) in [5.74, 6) is 0. The van der Waals surface area contributed by atoms with E-state index in [1.54, 1.807) is 0 Å². The van der Waals surface area contributed by atoms with Gasteiger partial charge in [0.05, 0.1) is 22.2 Å². The van der Waals surface area contributed by atoms with E-state index in [0.29, 0.717) is 0 Å². The van der Waals surface area contributed by atoms with E-state index in [1.807, 2.05) is 0 Å². The maximum absolute atomic E-state index is 2.57. The third kappa shape index (κ3) is 5.49. The van der Waals surface area contributed by atoms with E-state index in [-0.39, 0.29) is 0 Å². The maximum Gasteiger partial charge on any atom is 0.0720 e. The van der Waals surface area contributed by atoms with Crippen LogP contribution in [-0.4, -0.2) is 0 Å². The van der Waals surface area contributed by atoms with Gasteiger partial charge >= 0.3 is 0 Å². The molecule has 336 valence electrons. The first-order valence-corrected chi connectivity index (χ1v) is 25.1. The summed E-state index contributed by atoms with van der Waals surface area (Å²) in [7, 11) is 0. The second-order valence-electron chi connectivity index (χ2n) is 19.5. The van der Waals surface area contributed by atoms with Gasteiger partial charge in [-0.25, -0.2) is 0 Å². The molecular formula is C70H46N2. The molecule has 0 amide bonds. The van der Waals surface area contributed by atoms with Crippen LogP contribution in [0.3, 0.4) is 0 Å². The zero-order valence-electron chi connectivity index (χ0n) is 39.5. The van der Waals surface area contributed by atoms with Gasteiger partial charge in [0.2, 0.25) is 0 Å². The van der Waals surface area contributed by atoms with Gasteiger partial charge in [-0.15, -0.1) is 0 Å². The minimum absolute atomic E-state index is 0.692. The number of hydrogen-bond donors (Lipinski definition) is 0. The first kappa shape index (κ1) is 40.6. The standard InChI is InChI=1S/C70H46N2/c1-3-25-49(26-4-1)71(67-39-19-23-47-21-7-9-29-53(47)67)51-41-43-63-65(45-51)69(59-35-15-11-31-55(59)56-32-12-16-36-60(56)69)64-44-42-52(46-66(64)70(63)61-37-17-13-33-57(61)58-34-14-18-38-62(58)70)72(50-27-5-2-6-28-50)68-40-20-24-48-22-8-10-30-54(48)68/h1-46H. The quantitative estimate of drug-likeness (QED) is 0.164. The lowest BCUT2D eigenvalue weighted by atomic mass is 9.52. The number of anilines is 6. The van der Waals surface area contributed by atoms with Gasteiger partial charge in [-0.3, -0.25) is 0 Å². The van der Waals surface area contributed by atoms with Gasteiger partial charge in [-0.05, 0) is 138 Å². The van der Waals surface area contributed by atoms with Crippen LogP contribution in [0.15, 0.2) is 279 Å². The molecule has 15 rings (SSSR count). The largest absolute Gasteiger partial charge is 0.310 e. The molecular weight excluding hydrogens is 869 g/mol. The van der Waals surface area contributed by atoms with Crippen LogP contribution >= 0.6 is 0 Å². The summed E-state index contributed by atoms with van der Waals surface area (Å²) >= 11 is 0. The van der Waals surface area contributed by atoms with Crippen molar-refractivity contribution in [1.29, 1.82) is 0 Å². The Morgan fingerprint density at radius 1 is 0.208 bits per heavy atom. The predicted octanol–water partition coefficient (Wildman–Crippen LogP) is 18.0.